The number of rotatable bonds is 8. The van der Waals surface area contributed by atoms with Gasteiger partial charge in [-0.3, -0.25) is 0 Å². The molecule has 1 unspecified atom stereocenters. The van der Waals surface area contributed by atoms with Crippen LogP contribution in [-0.2, 0) is 14.8 Å². The van der Waals surface area contributed by atoms with Gasteiger partial charge in [-0.15, -0.1) is 0 Å². The minimum Gasteiger partial charge on any atom is -0.392 e. The zero-order valence-corrected chi connectivity index (χ0v) is 11.6. The molecule has 0 heterocycles. The Kier molecular flexibility index (Phi) is 6.39. The Morgan fingerprint density at radius 2 is 2.06 bits per heavy atom. The average Bonchev–Trinajstić information content (AvgIpc) is 2.16. The fourth-order valence-corrected chi connectivity index (χ4v) is 2.64. The van der Waals surface area contributed by atoms with Crippen LogP contribution < -0.4 is 10.5 Å². The number of hydrogen-bond acceptors (Lipinski definition) is 4. The molecule has 0 rings (SSSR count). The van der Waals surface area contributed by atoms with Gasteiger partial charge in [0.15, 0.2) is 0 Å². The van der Waals surface area contributed by atoms with Crippen LogP contribution in [0.3, 0.4) is 0 Å². The molecular formula is C9H20N2O3S2. The monoisotopic (exact) mass is 268 g/mol. The fourth-order valence-electron chi connectivity index (χ4n) is 1.00. The quantitative estimate of drug-likeness (QED) is 0.492. The van der Waals surface area contributed by atoms with Gasteiger partial charge in [-0.1, -0.05) is 19.1 Å². The summed E-state index contributed by atoms with van der Waals surface area (Å²) in [6.07, 6.45) is 0.510. The number of nitrogens with one attached hydrogen (secondary N) is 1. The Balaban J connectivity index is 4.50. The first-order chi connectivity index (χ1) is 7.27. The highest BCUT2D eigenvalue weighted by Crippen LogP contribution is 2.11. The summed E-state index contributed by atoms with van der Waals surface area (Å²) in [5, 5.41) is 0. The molecule has 16 heavy (non-hydrogen) atoms. The van der Waals surface area contributed by atoms with Crippen molar-refractivity contribution >= 4 is 27.2 Å². The van der Waals surface area contributed by atoms with Gasteiger partial charge in [0, 0.05) is 6.61 Å². The highest BCUT2D eigenvalue weighted by Gasteiger charge is 2.30. The summed E-state index contributed by atoms with van der Waals surface area (Å²) in [6, 6.07) is 0. The van der Waals surface area contributed by atoms with E-state index in [1.807, 2.05) is 13.8 Å². The van der Waals surface area contributed by atoms with Gasteiger partial charge in [0.1, 0.15) is 0 Å². The predicted octanol–water partition coefficient (Wildman–Crippen LogP) is 0.397. The number of ether oxygens (including phenoxy) is 1. The van der Waals surface area contributed by atoms with Crippen molar-refractivity contribution in [1.82, 2.24) is 4.72 Å². The average molecular weight is 268 g/mol. The molecule has 0 aromatic heterocycles. The first kappa shape index (κ1) is 15.8. The lowest BCUT2D eigenvalue weighted by Crippen LogP contribution is -2.54. The Hall–Kier alpha value is -0.240. The lowest BCUT2D eigenvalue weighted by molar-refractivity contribution is 0.163. The largest absolute Gasteiger partial charge is 0.392 e. The molecular weight excluding hydrogens is 248 g/mol. The van der Waals surface area contributed by atoms with Crippen LogP contribution in [0.15, 0.2) is 0 Å². The van der Waals surface area contributed by atoms with Crippen molar-refractivity contribution in [3.63, 3.8) is 0 Å². The number of thiocarbonyl (C=S) groups is 1. The maximum atomic E-state index is 11.7. The van der Waals surface area contributed by atoms with E-state index in [0.29, 0.717) is 13.0 Å². The minimum atomic E-state index is -3.41. The Morgan fingerprint density at radius 1 is 1.50 bits per heavy atom. The SMILES string of the molecule is CCOCCS(=O)(=O)NC(C)(CC)C(N)=S. The van der Waals surface area contributed by atoms with E-state index < -0.39 is 15.6 Å². The molecule has 0 spiro atoms. The summed E-state index contributed by atoms with van der Waals surface area (Å²) in [5.74, 6) is -0.0843. The first-order valence-corrected chi connectivity index (χ1v) is 7.22. The Labute approximate surface area is 103 Å². The van der Waals surface area contributed by atoms with Crippen LogP contribution in [0.5, 0.6) is 0 Å². The van der Waals surface area contributed by atoms with Crippen LogP contribution in [0.25, 0.3) is 0 Å². The fraction of sp³-hybridized carbons (Fsp3) is 0.889. The van der Waals surface area contributed by atoms with Gasteiger partial charge in [-0.2, -0.15) is 0 Å². The van der Waals surface area contributed by atoms with Crippen LogP contribution in [0.1, 0.15) is 27.2 Å². The third-order valence-corrected chi connectivity index (χ3v) is 4.25. The van der Waals surface area contributed by atoms with E-state index in [-0.39, 0.29) is 17.3 Å². The summed E-state index contributed by atoms with van der Waals surface area (Å²) in [7, 11) is -3.41. The van der Waals surface area contributed by atoms with Crippen molar-refractivity contribution in [3.8, 4) is 0 Å². The molecule has 0 aliphatic heterocycles. The molecule has 0 fully saturated rings. The zero-order valence-electron chi connectivity index (χ0n) is 9.95. The molecule has 0 aliphatic rings. The van der Waals surface area contributed by atoms with Crippen molar-refractivity contribution in [2.75, 3.05) is 19.0 Å². The Morgan fingerprint density at radius 3 is 2.44 bits per heavy atom. The van der Waals surface area contributed by atoms with Gasteiger partial charge in [0.2, 0.25) is 10.0 Å². The second-order valence-corrected chi connectivity index (χ2v) is 5.95. The van der Waals surface area contributed by atoms with Crippen LogP contribution in [0, 0.1) is 0 Å². The summed E-state index contributed by atoms with van der Waals surface area (Å²) in [5.41, 5.74) is 4.66. The lowest BCUT2D eigenvalue weighted by Gasteiger charge is -2.27. The highest BCUT2D eigenvalue weighted by molar-refractivity contribution is 7.89. The van der Waals surface area contributed by atoms with Crippen molar-refractivity contribution in [2.24, 2.45) is 5.73 Å². The summed E-state index contributed by atoms with van der Waals surface area (Å²) >= 11 is 4.85. The summed E-state index contributed by atoms with van der Waals surface area (Å²) < 4.78 is 30.9. The third-order valence-electron chi connectivity index (χ3n) is 2.33. The molecule has 5 nitrogen and oxygen atoms in total. The topological polar surface area (TPSA) is 81.4 Å². The van der Waals surface area contributed by atoms with Crippen molar-refractivity contribution in [2.45, 2.75) is 32.7 Å². The normalized spacial score (nSPS) is 15.7. The first-order valence-electron chi connectivity index (χ1n) is 5.16. The molecule has 0 aliphatic carbocycles. The van der Waals surface area contributed by atoms with Gasteiger partial charge < -0.3 is 10.5 Å². The zero-order chi connectivity index (χ0) is 12.8. The molecule has 3 N–H and O–H groups in total. The third kappa shape index (κ3) is 5.20. The Bertz CT molecular complexity index is 330. The van der Waals surface area contributed by atoms with E-state index in [9.17, 15) is 8.42 Å². The maximum absolute atomic E-state index is 11.7. The highest BCUT2D eigenvalue weighted by atomic mass is 32.2. The van der Waals surface area contributed by atoms with Crippen molar-refractivity contribution in [1.29, 1.82) is 0 Å². The molecule has 0 saturated carbocycles. The molecule has 1 atom stereocenters. The summed E-state index contributed by atoms with van der Waals surface area (Å²) in [4.78, 5) is 0.148. The van der Waals surface area contributed by atoms with E-state index in [0.717, 1.165) is 0 Å². The molecule has 0 saturated heterocycles. The number of hydrogen-bond donors (Lipinski definition) is 2. The van der Waals surface area contributed by atoms with Crippen LogP contribution in [0.2, 0.25) is 0 Å². The molecule has 0 radical (unpaired) electrons. The molecule has 96 valence electrons. The van der Waals surface area contributed by atoms with Crippen LogP contribution in [-0.4, -0.2) is 37.9 Å². The minimum absolute atomic E-state index is 0.0843. The summed E-state index contributed by atoms with van der Waals surface area (Å²) in [6.45, 7) is 5.97. The van der Waals surface area contributed by atoms with Crippen LogP contribution in [0.4, 0.5) is 0 Å². The van der Waals surface area contributed by atoms with E-state index >= 15 is 0 Å². The van der Waals surface area contributed by atoms with Crippen molar-refractivity contribution in [3.05, 3.63) is 0 Å². The van der Waals surface area contributed by atoms with Crippen LogP contribution >= 0.6 is 12.2 Å². The van der Waals surface area contributed by atoms with Gasteiger partial charge in [-0.25, -0.2) is 13.1 Å². The number of sulfonamides is 1. The van der Waals surface area contributed by atoms with E-state index in [2.05, 4.69) is 4.72 Å². The molecule has 0 amide bonds. The molecule has 7 heteroatoms. The van der Waals surface area contributed by atoms with E-state index in [1.165, 1.54) is 0 Å². The lowest BCUT2D eigenvalue weighted by atomic mass is 10.0. The molecule has 0 aromatic rings. The standard InChI is InChI=1S/C9H20N2O3S2/c1-4-9(3,8(10)15)11-16(12,13)7-6-14-5-2/h11H,4-7H2,1-3H3,(H2,10,15). The molecule has 0 bridgehead atoms. The van der Waals surface area contributed by atoms with Gasteiger partial charge in [0.05, 0.1) is 22.9 Å². The predicted molar refractivity (Wildman–Crippen MR) is 68.9 cm³/mol. The van der Waals surface area contributed by atoms with Gasteiger partial charge >= 0.3 is 0 Å². The second-order valence-electron chi connectivity index (χ2n) is 3.67. The second kappa shape index (κ2) is 6.48. The van der Waals surface area contributed by atoms with Crippen molar-refractivity contribution < 1.29 is 13.2 Å². The molecule has 0 aromatic carbocycles. The smallest absolute Gasteiger partial charge is 0.214 e. The maximum Gasteiger partial charge on any atom is 0.214 e. The number of nitrogens with two attached hydrogens (primary N) is 1. The van der Waals surface area contributed by atoms with E-state index in [4.69, 9.17) is 22.7 Å². The van der Waals surface area contributed by atoms with Gasteiger partial charge in [-0.05, 0) is 20.3 Å². The van der Waals surface area contributed by atoms with E-state index in [1.54, 1.807) is 6.92 Å². The van der Waals surface area contributed by atoms with Gasteiger partial charge in [0.25, 0.3) is 0 Å².